The first-order chi connectivity index (χ1) is 24.2. The van der Waals surface area contributed by atoms with Gasteiger partial charge in [0.1, 0.15) is 6.07 Å². The monoisotopic (exact) mass is 623 g/mol. The van der Waals surface area contributed by atoms with E-state index >= 15 is 0 Å². The molecule has 0 saturated heterocycles. The summed E-state index contributed by atoms with van der Waals surface area (Å²) in [7, 11) is 0. The first kappa shape index (κ1) is 27.1. The number of benzene rings is 7. The van der Waals surface area contributed by atoms with E-state index in [2.05, 4.69) is 128 Å². The van der Waals surface area contributed by atoms with E-state index in [1.807, 2.05) is 48.5 Å². The number of aromatic nitrogens is 3. The van der Waals surface area contributed by atoms with Gasteiger partial charge in [-0.25, -0.2) is 4.85 Å². The van der Waals surface area contributed by atoms with Crippen molar-refractivity contribution in [3.8, 4) is 23.1 Å². The van der Waals surface area contributed by atoms with Crippen LogP contribution in [0.25, 0.3) is 87.3 Å². The van der Waals surface area contributed by atoms with Crippen molar-refractivity contribution in [2.45, 2.75) is 0 Å². The highest BCUT2D eigenvalue weighted by Gasteiger charge is 2.22. The molecule has 0 aliphatic carbocycles. The quantitative estimate of drug-likeness (QED) is 0.181. The fourth-order valence-electron chi connectivity index (χ4n) is 7.87. The number of para-hydroxylation sites is 5. The lowest BCUT2D eigenvalue weighted by Crippen LogP contribution is -2.01. The van der Waals surface area contributed by atoms with Gasteiger partial charge in [-0.1, -0.05) is 91.0 Å². The molecule has 0 saturated carbocycles. The van der Waals surface area contributed by atoms with Crippen LogP contribution in [0.5, 0.6) is 0 Å². The maximum atomic E-state index is 10.7. The smallest absolute Gasteiger partial charge is 0.214 e. The normalized spacial score (nSPS) is 11.6. The molecular formula is C44H25N5. The minimum absolute atomic E-state index is 0.424. The molecule has 5 nitrogen and oxygen atoms in total. The minimum atomic E-state index is 0.424. The van der Waals surface area contributed by atoms with Gasteiger partial charge in [-0.05, 0) is 60.7 Å². The van der Waals surface area contributed by atoms with Crippen LogP contribution in [0.2, 0.25) is 0 Å². The molecule has 226 valence electrons. The van der Waals surface area contributed by atoms with Crippen molar-refractivity contribution in [1.82, 2.24) is 13.7 Å². The third-order valence-electron chi connectivity index (χ3n) is 9.86. The highest BCUT2D eigenvalue weighted by Crippen LogP contribution is 2.42. The van der Waals surface area contributed by atoms with Gasteiger partial charge in [0.15, 0.2) is 0 Å². The highest BCUT2D eigenvalue weighted by molar-refractivity contribution is 6.19. The van der Waals surface area contributed by atoms with Crippen LogP contribution in [0.15, 0.2) is 152 Å². The predicted octanol–water partition coefficient (Wildman–Crippen LogP) is 11.4. The highest BCUT2D eigenvalue weighted by atomic mass is 15.0. The van der Waals surface area contributed by atoms with Gasteiger partial charge in [0.25, 0.3) is 0 Å². The van der Waals surface area contributed by atoms with E-state index in [1.54, 1.807) is 0 Å². The molecule has 0 amide bonds. The Kier molecular flexibility index (Phi) is 5.64. The molecule has 10 aromatic rings. The lowest BCUT2D eigenvalue weighted by atomic mass is 10.1. The van der Waals surface area contributed by atoms with Gasteiger partial charge in [0.05, 0.1) is 50.9 Å². The van der Waals surface area contributed by atoms with Crippen LogP contribution >= 0.6 is 0 Å². The number of hydrogen-bond acceptors (Lipinski definition) is 1. The van der Waals surface area contributed by atoms with Gasteiger partial charge in [-0.2, -0.15) is 5.26 Å². The molecule has 7 aromatic carbocycles. The summed E-state index contributed by atoms with van der Waals surface area (Å²) in [6, 6.07) is 54.7. The number of fused-ring (bicyclic) bond motifs is 9. The van der Waals surface area contributed by atoms with Crippen molar-refractivity contribution in [3.63, 3.8) is 0 Å². The molecule has 0 N–H and O–H groups in total. The summed E-state index contributed by atoms with van der Waals surface area (Å²) in [5.74, 6) is 0. The maximum absolute atomic E-state index is 10.7. The zero-order chi connectivity index (χ0) is 32.6. The van der Waals surface area contributed by atoms with E-state index in [0.717, 1.165) is 71.4 Å². The molecule has 5 heteroatoms. The van der Waals surface area contributed by atoms with Gasteiger partial charge in [0.2, 0.25) is 5.69 Å². The maximum Gasteiger partial charge on any atom is 0.214 e. The zero-order valence-corrected chi connectivity index (χ0v) is 26.2. The lowest BCUT2D eigenvalue weighted by Gasteiger charge is -2.16. The Labute approximate surface area is 281 Å². The van der Waals surface area contributed by atoms with E-state index in [4.69, 9.17) is 6.57 Å². The standard InChI is InChI=1S/C44H25N5/c1-46-37-24-30(23-28(27-45)44(37)49-40-21-11-5-15-31(40)32-16-6-12-22-41(32)49)48-39-20-10-8-18-34(39)36-25-42-35(26-43(36)48)33-17-7-9-19-38(33)47(42)29-13-3-2-4-14-29/h2-26H. The molecule has 0 aliphatic heterocycles. The Morgan fingerprint density at radius 2 is 0.857 bits per heavy atom. The number of rotatable bonds is 3. The largest absolute Gasteiger partial charge is 0.318 e. The summed E-state index contributed by atoms with van der Waals surface area (Å²) in [5, 5.41) is 17.4. The van der Waals surface area contributed by atoms with Crippen molar-refractivity contribution in [3.05, 3.63) is 169 Å². The number of hydrogen-bond donors (Lipinski definition) is 0. The predicted molar refractivity (Wildman–Crippen MR) is 200 cm³/mol. The first-order valence-corrected chi connectivity index (χ1v) is 16.2. The van der Waals surface area contributed by atoms with Crippen LogP contribution in [0.3, 0.4) is 0 Å². The number of nitriles is 1. The fraction of sp³-hybridized carbons (Fsp3) is 0. The molecule has 0 unspecified atom stereocenters. The van der Waals surface area contributed by atoms with Crippen LogP contribution in [-0.2, 0) is 0 Å². The molecular weight excluding hydrogens is 599 g/mol. The molecule has 0 fully saturated rings. The van der Waals surface area contributed by atoms with Crippen LogP contribution in [0.4, 0.5) is 5.69 Å². The second-order valence-electron chi connectivity index (χ2n) is 12.4. The van der Waals surface area contributed by atoms with Gasteiger partial charge < -0.3 is 13.7 Å². The summed E-state index contributed by atoms with van der Waals surface area (Å²) >= 11 is 0. The van der Waals surface area contributed by atoms with Gasteiger partial charge >= 0.3 is 0 Å². The topological polar surface area (TPSA) is 42.9 Å². The molecule has 10 rings (SSSR count). The summed E-state index contributed by atoms with van der Waals surface area (Å²) in [5.41, 5.74) is 9.61. The molecule has 0 atom stereocenters. The molecule has 0 bridgehead atoms. The molecule has 0 spiro atoms. The molecule has 0 aliphatic rings. The second-order valence-corrected chi connectivity index (χ2v) is 12.4. The molecule has 0 radical (unpaired) electrons. The van der Waals surface area contributed by atoms with E-state index < -0.39 is 0 Å². The summed E-state index contributed by atoms with van der Waals surface area (Å²) in [4.78, 5) is 4.07. The minimum Gasteiger partial charge on any atom is -0.318 e. The van der Waals surface area contributed by atoms with E-state index in [0.29, 0.717) is 16.9 Å². The van der Waals surface area contributed by atoms with E-state index in [1.165, 1.54) is 5.39 Å². The van der Waals surface area contributed by atoms with Gasteiger partial charge in [-0.3, -0.25) is 0 Å². The van der Waals surface area contributed by atoms with Gasteiger partial charge in [0, 0.05) is 43.7 Å². The van der Waals surface area contributed by atoms with Crippen LogP contribution in [0.1, 0.15) is 5.56 Å². The Hall–Kier alpha value is -7.08. The van der Waals surface area contributed by atoms with Crippen LogP contribution < -0.4 is 0 Å². The lowest BCUT2D eigenvalue weighted by molar-refractivity contribution is 1.14. The average Bonchev–Trinajstić information content (AvgIpc) is 3.79. The summed E-state index contributed by atoms with van der Waals surface area (Å²) in [6.07, 6.45) is 0. The molecule has 3 heterocycles. The first-order valence-electron chi connectivity index (χ1n) is 16.2. The van der Waals surface area contributed by atoms with Crippen molar-refractivity contribution in [1.29, 1.82) is 5.26 Å². The zero-order valence-electron chi connectivity index (χ0n) is 26.2. The summed E-state index contributed by atoms with van der Waals surface area (Å²) in [6.45, 7) is 8.40. The van der Waals surface area contributed by atoms with Crippen LogP contribution in [0, 0.1) is 17.9 Å². The van der Waals surface area contributed by atoms with E-state index in [-0.39, 0.29) is 0 Å². The van der Waals surface area contributed by atoms with Gasteiger partial charge in [-0.15, -0.1) is 0 Å². The van der Waals surface area contributed by atoms with Crippen molar-refractivity contribution in [2.24, 2.45) is 0 Å². The second kappa shape index (κ2) is 10.2. The SMILES string of the molecule is [C-]#[N+]c1cc(-n2c3ccccc3c3cc4c(cc32)c2ccccc2n4-c2ccccc2)cc(C#N)c1-n1c2ccccc2c2ccccc21. The van der Waals surface area contributed by atoms with Crippen LogP contribution in [-0.4, -0.2) is 13.7 Å². The third-order valence-corrected chi connectivity index (χ3v) is 9.86. The Bertz CT molecular complexity index is 2980. The van der Waals surface area contributed by atoms with Crippen molar-refractivity contribution >= 4 is 71.1 Å². The van der Waals surface area contributed by atoms with Crippen molar-refractivity contribution in [2.75, 3.05) is 0 Å². The van der Waals surface area contributed by atoms with E-state index in [9.17, 15) is 5.26 Å². The molecule has 3 aromatic heterocycles. The fourth-order valence-corrected chi connectivity index (χ4v) is 7.87. The Morgan fingerprint density at radius 1 is 0.429 bits per heavy atom. The third kappa shape index (κ3) is 3.73. The average molecular weight is 624 g/mol. The van der Waals surface area contributed by atoms with Crippen molar-refractivity contribution < 1.29 is 0 Å². The molecule has 49 heavy (non-hydrogen) atoms. The Balaban J connectivity index is 1.30. The number of nitrogens with zero attached hydrogens (tertiary/aromatic N) is 5. The Morgan fingerprint density at radius 3 is 1.35 bits per heavy atom. The summed E-state index contributed by atoms with van der Waals surface area (Å²) < 4.78 is 6.62.